The maximum atomic E-state index is 10.9. The summed E-state index contributed by atoms with van der Waals surface area (Å²) in [6, 6.07) is 0. The molecule has 0 spiro atoms. The van der Waals surface area contributed by atoms with E-state index in [0.717, 1.165) is 0 Å². The van der Waals surface area contributed by atoms with Gasteiger partial charge >= 0.3 is 6.18 Å². The van der Waals surface area contributed by atoms with E-state index in [-0.39, 0.29) is 6.08 Å². The molecule has 0 unspecified atom stereocenters. The molecule has 0 N–H and O–H groups in total. The Morgan fingerprint density at radius 1 is 1.29 bits per heavy atom. The number of hydrogen-bond acceptors (Lipinski definition) is 0. The fourth-order valence-corrected chi connectivity index (χ4v) is 0.134. The second-order valence-corrected chi connectivity index (χ2v) is 0.944. The van der Waals surface area contributed by atoms with Crippen LogP contribution in [0.4, 0.5) is 13.2 Å². The summed E-state index contributed by atoms with van der Waals surface area (Å²) >= 11 is 0. The van der Waals surface area contributed by atoms with E-state index in [0.29, 0.717) is 6.08 Å². The first-order valence-electron chi connectivity index (χ1n) is 1.60. The molecule has 0 heterocycles. The zero-order valence-electron chi connectivity index (χ0n) is 3.50. The number of rotatable bonds is 0. The summed E-state index contributed by atoms with van der Waals surface area (Å²) in [4.78, 5) is 0. The van der Waals surface area contributed by atoms with Crippen LogP contribution in [0.5, 0.6) is 0 Å². The summed E-state index contributed by atoms with van der Waals surface area (Å²) in [6.45, 7) is 2.87. The SMILES string of the molecule is [CH2]/C=C/C(F)(F)F. The highest BCUT2D eigenvalue weighted by molar-refractivity contribution is 4.89. The van der Waals surface area contributed by atoms with E-state index in [1.54, 1.807) is 0 Å². The number of alkyl halides is 3. The van der Waals surface area contributed by atoms with Crippen LogP contribution in [0.3, 0.4) is 0 Å². The first-order chi connectivity index (χ1) is 3.06. The molecule has 0 fully saturated rings. The lowest BCUT2D eigenvalue weighted by Crippen LogP contribution is -1.99. The molecular formula is C4H4F3. The monoisotopic (exact) mass is 109 g/mol. The Balaban J connectivity index is 3.56. The molecule has 0 atom stereocenters. The molecule has 3 heteroatoms. The summed E-state index contributed by atoms with van der Waals surface area (Å²) in [5, 5.41) is 0. The van der Waals surface area contributed by atoms with E-state index in [9.17, 15) is 13.2 Å². The molecule has 0 aliphatic heterocycles. The van der Waals surface area contributed by atoms with Gasteiger partial charge in [0.15, 0.2) is 0 Å². The van der Waals surface area contributed by atoms with Gasteiger partial charge in [-0.1, -0.05) is 6.08 Å². The van der Waals surface area contributed by atoms with Gasteiger partial charge in [0.2, 0.25) is 0 Å². The topological polar surface area (TPSA) is 0 Å². The second kappa shape index (κ2) is 2.00. The third-order valence-electron chi connectivity index (χ3n) is 0.307. The molecule has 0 saturated carbocycles. The van der Waals surface area contributed by atoms with Gasteiger partial charge in [-0.15, -0.1) is 0 Å². The van der Waals surface area contributed by atoms with Crippen LogP contribution in [0, 0.1) is 6.92 Å². The third kappa shape index (κ3) is 5.53. The largest absolute Gasteiger partial charge is 0.409 e. The van der Waals surface area contributed by atoms with Gasteiger partial charge in [-0.2, -0.15) is 13.2 Å². The summed E-state index contributed by atoms with van der Waals surface area (Å²) in [5.74, 6) is 0. The van der Waals surface area contributed by atoms with Crippen molar-refractivity contribution in [2.24, 2.45) is 0 Å². The quantitative estimate of drug-likeness (QED) is 0.446. The number of halogens is 3. The minimum Gasteiger partial charge on any atom is -0.167 e. The zero-order valence-corrected chi connectivity index (χ0v) is 3.50. The Hall–Kier alpha value is -0.470. The molecule has 0 aromatic carbocycles. The summed E-state index contributed by atoms with van der Waals surface area (Å²) in [5.41, 5.74) is 0. The maximum Gasteiger partial charge on any atom is 0.409 e. The van der Waals surface area contributed by atoms with Crippen LogP contribution in [0.25, 0.3) is 0 Å². The molecule has 0 aromatic rings. The van der Waals surface area contributed by atoms with Crippen molar-refractivity contribution < 1.29 is 13.2 Å². The molecule has 0 aliphatic rings. The van der Waals surface area contributed by atoms with Gasteiger partial charge in [0.1, 0.15) is 0 Å². The lowest BCUT2D eigenvalue weighted by atomic mass is 10.5. The van der Waals surface area contributed by atoms with Gasteiger partial charge in [-0.05, 0) is 6.92 Å². The number of hydrogen-bond donors (Lipinski definition) is 0. The lowest BCUT2D eigenvalue weighted by molar-refractivity contribution is -0.0798. The molecule has 1 radical (unpaired) electrons. The Labute approximate surface area is 39.6 Å². The molecule has 0 bridgehead atoms. The molecule has 0 aliphatic carbocycles. The molecule has 0 nitrogen and oxygen atoms in total. The van der Waals surface area contributed by atoms with E-state index < -0.39 is 6.18 Å². The van der Waals surface area contributed by atoms with E-state index in [1.807, 2.05) is 0 Å². The minimum absolute atomic E-state index is 0.0764. The average molecular weight is 109 g/mol. The fraction of sp³-hybridized carbons (Fsp3) is 0.250. The standard InChI is InChI=1S/C4H4F3/c1-2-3-4(5,6)7/h2-3H,1H2/b3-2+. The Morgan fingerprint density at radius 3 is 1.71 bits per heavy atom. The van der Waals surface area contributed by atoms with E-state index in [2.05, 4.69) is 6.92 Å². The van der Waals surface area contributed by atoms with Gasteiger partial charge in [-0.3, -0.25) is 0 Å². The average Bonchev–Trinajstić information content (AvgIpc) is 1.30. The predicted octanol–water partition coefficient (Wildman–Crippen LogP) is 1.94. The molecule has 0 rings (SSSR count). The van der Waals surface area contributed by atoms with Crippen molar-refractivity contribution >= 4 is 0 Å². The van der Waals surface area contributed by atoms with Crippen molar-refractivity contribution in [2.45, 2.75) is 6.18 Å². The predicted molar refractivity (Wildman–Crippen MR) is 20.6 cm³/mol. The lowest BCUT2D eigenvalue weighted by Gasteiger charge is -1.93. The minimum atomic E-state index is -4.19. The molecule has 41 valence electrons. The first kappa shape index (κ1) is 6.53. The van der Waals surface area contributed by atoms with Crippen LogP contribution in [0.1, 0.15) is 0 Å². The second-order valence-electron chi connectivity index (χ2n) is 0.944. The smallest absolute Gasteiger partial charge is 0.167 e. The van der Waals surface area contributed by atoms with Crippen molar-refractivity contribution in [2.75, 3.05) is 0 Å². The zero-order chi connectivity index (χ0) is 5.91. The first-order valence-corrected chi connectivity index (χ1v) is 1.60. The van der Waals surface area contributed by atoms with Gasteiger partial charge in [0, 0.05) is 6.08 Å². The maximum absolute atomic E-state index is 10.9. The van der Waals surface area contributed by atoms with Gasteiger partial charge < -0.3 is 0 Å². The summed E-state index contributed by atoms with van der Waals surface area (Å²) in [7, 11) is 0. The van der Waals surface area contributed by atoms with Gasteiger partial charge in [-0.25, -0.2) is 0 Å². The van der Waals surface area contributed by atoms with E-state index in [1.165, 1.54) is 0 Å². The van der Waals surface area contributed by atoms with Crippen molar-refractivity contribution in [3.8, 4) is 0 Å². The molecule has 0 saturated heterocycles. The number of allylic oxidation sites excluding steroid dienone is 2. The fourth-order valence-electron chi connectivity index (χ4n) is 0.134. The van der Waals surface area contributed by atoms with Crippen LogP contribution < -0.4 is 0 Å². The Morgan fingerprint density at radius 2 is 1.71 bits per heavy atom. The highest BCUT2D eigenvalue weighted by Crippen LogP contribution is 2.14. The van der Waals surface area contributed by atoms with Crippen molar-refractivity contribution in [1.29, 1.82) is 0 Å². The van der Waals surface area contributed by atoms with Crippen LogP contribution in [0.15, 0.2) is 12.2 Å². The Kier molecular flexibility index (Phi) is 1.87. The van der Waals surface area contributed by atoms with Crippen LogP contribution in [-0.4, -0.2) is 6.18 Å². The van der Waals surface area contributed by atoms with Crippen molar-refractivity contribution in [3.63, 3.8) is 0 Å². The third-order valence-corrected chi connectivity index (χ3v) is 0.307. The normalized spacial score (nSPS) is 13.1. The molecular weight excluding hydrogens is 105 g/mol. The van der Waals surface area contributed by atoms with Gasteiger partial charge in [0.05, 0.1) is 0 Å². The van der Waals surface area contributed by atoms with Crippen LogP contribution in [-0.2, 0) is 0 Å². The summed E-state index contributed by atoms with van der Waals surface area (Å²) < 4.78 is 32.8. The van der Waals surface area contributed by atoms with E-state index >= 15 is 0 Å². The highest BCUT2D eigenvalue weighted by Gasteiger charge is 2.20. The molecule has 0 amide bonds. The van der Waals surface area contributed by atoms with Crippen LogP contribution in [0.2, 0.25) is 0 Å². The van der Waals surface area contributed by atoms with Crippen LogP contribution >= 0.6 is 0 Å². The highest BCUT2D eigenvalue weighted by atomic mass is 19.4. The van der Waals surface area contributed by atoms with Crippen molar-refractivity contribution in [3.05, 3.63) is 19.1 Å². The summed E-state index contributed by atoms with van der Waals surface area (Å²) in [6.07, 6.45) is -3.41. The molecule has 0 aromatic heterocycles. The Bertz CT molecular complexity index is 69.5. The van der Waals surface area contributed by atoms with E-state index in [4.69, 9.17) is 0 Å². The van der Waals surface area contributed by atoms with Crippen molar-refractivity contribution in [1.82, 2.24) is 0 Å². The van der Waals surface area contributed by atoms with Gasteiger partial charge in [0.25, 0.3) is 0 Å². The molecule has 7 heavy (non-hydrogen) atoms.